The molecule has 166 valence electrons. The lowest BCUT2D eigenvalue weighted by Gasteiger charge is -2.32. The summed E-state index contributed by atoms with van der Waals surface area (Å²) in [6.07, 6.45) is -4.77. The van der Waals surface area contributed by atoms with Crippen LogP contribution >= 0.6 is 0 Å². The number of fused-ring (bicyclic) bond motifs is 1. The molecule has 3 atom stereocenters. The van der Waals surface area contributed by atoms with Crippen LogP contribution in [0.4, 0.5) is 17.6 Å². The van der Waals surface area contributed by atoms with Gasteiger partial charge in [0.15, 0.2) is 17.6 Å². The first-order valence-electron chi connectivity index (χ1n) is 10.1. The summed E-state index contributed by atoms with van der Waals surface area (Å²) >= 11 is 0. The number of hydrogen-bond donors (Lipinski definition) is 0. The van der Waals surface area contributed by atoms with Crippen LogP contribution in [0.1, 0.15) is 35.7 Å². The molecule has 1 heterocycles. The molecular formula is C23H23F4NO3. The van der Waals surface area contributed by atoms with Gasteiger partial charge in [0.1, 0.15) is 5.82 Å². The normalized spacial score (nSPS) is 23.7. The zero-order chi connectivity index (χ0) is 22.4. The maximum Gasteiger partial charge on any atom is 0.425 e. The van der Waals surface area contributed by atoms with Crippen molar-refractivity contribution in [3.63, 3.8) is 0 Å². The fraction of sp³-hybridized carbons (Fsp3) is 0.435. The van der Waals surface area contributed by atoms with Crippen LogP contribution in [-0.4, -0.2) is 43.3 Å². The number of piperidine rings is 1. The summed E-state index contributed by atoms with van der Waals surface area (Å²) in [6.45, 7) is 2.05. The molecular weight excluding hydrogens is 414 g/mol. The van der Waals surface area contributed by atoms with Crippen LogP contribution in [0.15, 0.2) is 42.5 Å². The molecule has 0 radical (unpaired) electrons. The second-order valence-electron chi connectivity index (χ2n) is 8.23. The molecule has 0 aromatic heterocycles. The number of ether oxygens (including phenoxy) is 2. The van der Waals surface area contributed by atoms with Crippen molar-refractivity contribution in [3.05, 3.63) is 59.4 Å². The van der Waals surface area contributed by atoms with Crippen LogP contribution in [0.3, 0.4) is 0 Å². The van der Waals surface area contributed by atoms with Gasteiger partial charge in [-0.25, -0.2) is 4.39 Å². The predicted octanol–water partition coefficient (Wildman–Crippen LogP) is 4.97. The molecule has 1 amide bonds. The van der Waals surface area contributed by atoms with Crippen molar-refractivity contribution in [1.82, 2.24) is 4.90 Å². The summed E-state index contributed by atoms with van der Waals surface area (Å²) in [4.78, 5) is 14.8. The largest absolute Gasteiger partial charge is 0.493 e. The minimum atomic E-state index is -4.51. The molecule has 8 heteroatoms. The van der Waals surface area contributed by atoms with Crippen molar-refractivity contribution in [3.8, 4) is 11.5 Å². The Labute approximate surface area is 177 Å². The highest BCUT2D eigenvalue weighted by atomic mass is 19.4. The predicted molar refractivity (Wildman–Crippen MR) is 106 cm³/mol. The molecule has 0 spiro atoms. The summed E-state index contributed by atoms with van der Waals surface area (Å²) in [5.74, 6) is -0.150. The third-order valence-corrected chi connectivity index (χ3v) is 6.38. The van der Waals surface area contributed by atoms with Gasteiger partial charge in [0.05, 0.1) is 7.11 Å². The molecule has 2 fully saturated rings. The van der Waals surface area contributed by atoms with Crippen molar-refractivity contribution in [2.45, 2.75) is 37.5 Å². The van der Waals surface area contributed by atoms with E-state index in [9.17, 15) is 22.4 Å². The lowest BCUT2D eigenvalue weighted by Crippen LogP contribution is -2.40. The minimum absolute atomic E-state index is 0.00754. The Bertz CT molecular complexity index is 976. The van der Waals surface area contributed by atoms with Gasteiger partial charge in [0, 0.05) is 24.1 Å². The third-order valence-electron chi connectivity index (χ3n) is 6.38. The van der Waals surface area contributed by atoms with Gasteiger partial charge in [0.25, 0.3) is 5.91 Å². The molecule has 0 bridgehead atoms. The number of amides is 1. The second kappa shape index (κ2) is 7.73. The molecule has 2 aromatic carbocycles. The first kappa shape index (κ1) is 21.5. The van der Waals surface area contributed by atoms with Gasteiger partial charge in [-0.1, -0.05) is 12.1 Å². The Kier molecular flexibility index (Phi) is 5.35. The summed E-state index contributed by atoms with van der Waals surface area (Å²) < 4.78 is 61.7. The average Bonchev–Trinajstić information content (AvgIpc) is 3.48. The molecule has 3 unspecified atom stereocenters. The molecule has 2 aliphatic rings. The van der Waals surface area contributed by atoms with Gasteiger partial charge in [-0.2, -0.15) is 13.2 Å². The highest BCUT2D eigenvalue weighted by Gasteiger charge is 2.58. The molecule has 1 saturated carbocycles. The van der Waals surface area contributed by atoms with E-state index >= 15 is 0 Å². The second-order valence-corrected chi connectivity index (χ2v) is 8.23. The number of methoxy groups -OCH3 is 1. The quantitative estimate of drug-likeness (QED) is 0.621. The molecule has 2 aromatic rings. The van der Waals surface area contributed by atoms with Gasteiger partial charge < -0.3 is 14.4 Å². The topological polar surface area (TPSA) is 38.8 Å². The molecule has 4 rings (SSSR count). The van der Waals surface area contributed by atoms with Gasteiger partial charge in [0.2, 0.25) is 0 Å². The van der Waals surface area contributed by atoms with E-state index in [2.05, 4.69) is 0 Å². The highest BCUT2D eigenvalue weighted by Crippen LogP contribution is 2.59. The highest BCUT2D eigenvalue weighted by molar-refractivity contribution is 5.95. The van der Waals surface area contributed by atoms with Crippen LogP contribution in [0.5, 0.6) is 11.5 Å². The number of carbonyl (C=O) groups excluding carboxylic acids is 1. The van der Waals surface area contributed by atoms with E-state index in [-0.39, 0.29) is 28.6 Å². The lowest BCUT2D eigenvalue weighted by molar-refractivity contribution is -0.189. The molecule has 4 nitrogen and oxygen atoms in total. The lowest BCUT2D eigenvalue weighted by atomic mass is 9.87. The maximum atomic E-state index is 13.2. The van der Waals surface area contributed by atoms with E-state index in [1.165, 1.54) is 37.4 Å². The van der Waals surface area contributed by atoms with E-state index in [1.54, 1.807) is 4.90 Å². The van der Waals surface area contributed by atoms with Gasteiger partial charge in [-0.05, 0) is 61.6 Å². The number of hydrogen-bond acceptors (Lipinski definition) is 3. The molecule has 0 N–H and O–H groups in total. The van der Waals surface area contributed by atoms with Gasteiger partial charge in [-0.15, -0.1) is 0 Å². The average molecular weight is 437 g/mol. The number of benzene rings is 2. The van der Waals surface area contributed by atoms with Crippen LogP contribution in [0.2, 0.25) is 0 Å². The van der Waals surface area contributed by atoms with E-state index in [0.29, 0.717) is 24.6 Å². The van der Waals surface area contributed by atoms with Crippen molar-refractivity contribution in [2.75, 3.05) is 20.2 Å². The molecule has 1 aliphatic carbocycles. The van der Waals surface area contributed by atoms with Crippen LogP contribution in [-0.2, 0) is 5.41 Å². The number of nitrogens with zero attached hydrogens (tertiary/aromatic N) is 1. The fourth-order valence-corrected chi connectivity index (χ4v) is 4.42. The Morgan fingerprint density at radius 1 is 1.16 bits per heavy atom. The molecule has 1 saturated heterocycles. The summed E-state index contributed by atoms with van der Waals surface area (Å²) in [5, 5.41) is 0. The van der Waals surface area contributed by atoms with Crippen LogP contribution in [0.25, 0.3) is 0 Å². The van der Waals surface area contributed by atoms with Crippen molar-refractivity contribution in [1.29, 1.82) is 0 Å². The zero-order valence-corrected chi connectivity index (χ0v) is 17.2. The van der Waals surface area contributed by atoms with Crippen LogP contribution in [0, 0.1) is 11.7 Å². The SMILES string of the molecule is COc1cc(C(=O)N2CCC3(c4ccc(F)cc4)CC3C2)ccc1OC(C)C(F)(F)F. The number of likely N-dealkylation sites (tertiary alicyclic amines) is 1. The fourth-order valence-electron chi connectivity index (χ4n) is 4.42. The van der Waals surface area contributed by atoms with Crippen molar-refractivity contribution < 1.29 is 31.8 Å². The monoisotopic (exact) mass is 437 g/mol. The maximum absolute atomic E-state index is 13.2. The van der Waals surface area contributed by atoms with Crippen LogP contribution < -0.4 is 9.47 Å². The standard InChI is InChI=1S/C23H23F4NO3/c1-14(23(25,26)27)31-19-8-3-15(11-20(19)30-2)21(29)28-10-9-22(12-17(22)13-28)16-4-6-18(24)7-5-16/h3-8,11,14,17H,9-10,12-13H2,1-2H3. The Balaban J connectivity index is 1.45. The van der Waals surface area contributed by atoms with E-state index < -0.39 is 12.3 Å². The third kappa shape index (κ3) is 4.07. The summed E-state index contributed by atoms with van der Waals surface area (Å²) in [5.41, 5.74) is 1.44. The Morgan fingerprint density at radius 2 is 1.87 bits per heavy atom. The first-order chi connectivity index (χ1) is 14.6. The zero-order valence-electron chi connectivity index (χ0n) is 17.2. The van der Waals surface area contributed by atoms with Crippen molar-refractivity contribution in [2.24, 2.45) is 5.92 Å². The van der Waals surface area contributed by atoms with Gasteiger partial charge >= 0.3 is 6.18 Å². The molecule has 31 heavy (non-hydrogen) atoms. The van der Waals surface area contributed by atoms with E-state index in [1.807, 2.05) is 12.1 Å². The summed E-state index contributed by atoms with van der Waals surface area (Å²) in [7, 11) is 1.32. The Hall–Kier alpha value is -2.77. The number of carbonyl (C=O) groups is 1. The van der Waals surface area contributed by atoms with E-state index in [0.717, 1.165) is 25.3 Å². The number of halogens is 4. The minimum Gasteiger partial charge on any atom is -0.493 e. The smallest absolute Gasteiger partial charge is 0.425 e. The number of rotatable bonds is 5. The van der Waals surface area contributed by atoms with Gasteiger partial charge in [-0.3, -0.25) is 4.79 Å². The number of alkyl halides is 3. The Morgan fingerprint density at radius 3 is 2.48 bits per heavy atom. The molecule has 1 aliphatic heterocycles. The first-order valence-corrected chi connectivity index (χ1v) is 10.1. The summed E-state index contributed by atoms with van der Waals surface area (Å²) in [6, 6.07) is 10.8. The van der Waals surface area contributed by atoms with E-state index in [4.69, 9.17) is 9.47 Å². The van der Waals surface area contributed by atoms with Crippen molar-refractivity contribution >= 4 is 5.91 Å².